The molecule has 7 heteroatoms. The molecule has 0 unspecified atom stereocenters. The van der Waals surface area contributed by atoms with Crippen LogP contribution in [0.3, 0.4) is 0 Å². The predicted octanol–water partition coefficient (Wildman–Crippen LogP) is 3.76. The summed E-state index contributed by atoms with van der Waals surface area (Å²) < 4.78 is 0. The van der Waals surface area contributed by atoms with Gasteiger partial charge in [0.2, 0.25) is 0 Å². The Hall–Kier alpha value is -2.05. The molecule has 2 N–H and O–H groups in total. The first-order valence-corrected chi connectivity index (χ1v) is 7.35. The molecule has 0 spiro atoms. The lowest BCUT2D eigenvalue weighted by atomic mass is 10.2. The lowest BCUT2D eigenvalue weighted by Gasteiger charge is -2.18. The monoisotopic (exact) mass is 324 g/mol. The van der Waals surface area contributed by atoms with Crippen molar-refractivity contribution in [1.82, 2.24) is 4.90 Å². The van der Waals surface area contributed by atoms with E-state index in [1.807, 2.05) is 16.8 Å². The highest BCUT2D eigenvalue weighted by Gasteiger charge is 2.15. The Balaban J connectivity index is 2.11. The Kier molecular flexibility index (Phi) is 4.82. The van der Waals surface area contributed by atoms with Crippen LogP contribution in [0.15, 0.2) is 35.0 Å². The van der Waals surface area contributed by atoms with Gasteiger partial charge in [0.15, 0.2) is 0 Å². The second-order valence-corrected chi connectivity index (χ2v) is 5.63. The molecule has 0 saturated heterocycles. The zero-order chi connectivity index (χ0) is 15.4. The van der Waals surface area contributed by atoms with Crippen LogP contribution in [-0.2, 0) is 6.54 Å². The SMILES string of the molecule is CN(Cc1ccsc1)C(=O)Nc1cc(Cl)ccc1C(=O)O. The van der Waals surface area contributed by atoms with E-state index >= 15 is 0 Å². The van der Waals surface area contributed by atoms with Gasteiger partial charge in [-0.1, -0.05) is 11.6 Å². The Bertz CT molecular complexity index is 658. The molecule has 0 aliphatic carbocycles. The van der Waals surface area contributed by atoms with E-state index in [0.717, 1.165) is 5.56 Å². The maximum Gasteiger partial charge on any atom is 0.337 e. The number of nitrogens with one attached hydrogen (secondary N) is 1. The number of hydrogen-bond donors (Lipinski definition) is 2. The number of anilines is 1. The molecular formula is C14H13ClN2O3S. The van der Waals surface area contributed by atoms with E-state index in [-0.39, 0.29) is 11.3 Å². The molecule has 0 aliphatic rings. The van der Waals surface area contributed by atoms with Gasteiger partial charge in [-0.25, -0.2) is 9.59 Å². The van der Waals surface area contributed by atoms with Crippen LogP contribution >= 0.6 is 22.9 Å². The summed E-state index contributed by atoms with van der Waals surface area (Å²) in [7, 11) is 1.64. The molecule has 1 aromatic heterocycles. The van der Waals surface area contributed by atoms with Gasteiger partial charge in [-0.2, -0.15) is 11.3 Å². The minimum atomic E-state index is -1.12. The molecule has 1 aromatic carbocycles. The maximum atomic E-state index is 12.1. The number of aromatic carboxylic acids is 1. The summed E-state index contributed by atoms with van der Waals surface area (Å²) in [5.41, 5.74) is 1.19. The zero-order valence-electron chi connectivity index (χ0n) is 11.2. The van der Waals surface area contributed by atoms with E-state index in [9.17, 15) is 9.59 Å². The predicted molar refractivity (Wildman–Crippen MR) is 83.2 cm³/mol. The second-order valence-electron chi connectivity index (χ2n) is 4.41. The van der Waals surface area contributed by atoms with Crippen LogP contribution in [0.5, 0.6) is 0 Å². The topological polar surface area (TPSA) is 69.6 Å². The molecular weight excluding hydrogens is 312 g/mol. The van der Waals surface area contributed by atoms with Gasteiger partial charge >= 0.3 is 12.0 Å². The summed E-state index contributed by atoms with van der Waals surface area (Å²) in [5, 5.41) is 15.9. The van der Waals surface area contributed by atoms with E-state index in [4.69, 9.17) is 16.7 Å². The summed E-state index contributed by atoms with van der Waals surface area (Å²) in [4.78, 5) is 24.7. The third-order valence-electron chi connectivity index (χ3n) is 2.80. The molecule has 0 radical (unpaired) electrons. The maximum absolute atomic E-state index is 12.1. The molecule has 2 aromatic rings. The minimum Gasteiger partial charge on any atom is -0.478 e. The summed E-state index contributed by atoms with van der Waals surface area (Å²) in [6.07, 6.45) is 0. The minimum absolute atomic E-state index is 0.00307. The highest BCUT2D eigenvalue weighted by Crippen LogP contribution is 2.21. The summed E-state index contributed by atoms with van der Waals surface area (Å²) in [5.74, 6) is -1.12. The van der Waals surface area contributed by atoms with Gasteiger partial charge < -0.3 is 15.3 Å². The van der Waals surface area contributed by atoms with Crippen LogP contribution in [0.2, 0.25) is 5.02 Å². The molecule has 5 nitrogen and oxygen atoms in total. The highest BCUT2D eigenvalue weighted by atomic mass is 35.5. The molecule has 110 valence electrons. The second kappa shape index (κ2) is 6.60. The van der Waals surface area contributed by atoms with Gasteiger partial charge in [0, 0.05) is 18.6 Å². The molecule has 2 rings (SSSR count). The first-order chi connectivity index (χ1) is 9.97. The number of thiophene rings is 1. The van der Waals surface area contributed by atoms with E-state index < -0.39 is 12.0 Å². The van der Waals surface area contributed by atoms with Crippen molar-refractivity contribution in [1.29, 1.82) is 0 Å². The fraction of sp³-hybridized carbons (Fsp3) is 0.143. The Labute approximate surface area is 130 Å². The number of rotatable bonds is 4. The number of nitrogens with zero attached hydrogens (tertiary/aromatic N) is 1. The number of carboxylic acid groups (broad SMARTS) is 1. The highest BCUT2D eigenvalue weighted by molar-refractivity contribution is 7.07. The number of urea groups is 1. The van der Waals surface area contributed by atoms with Gasteiger partial charge in [0.05, 0.1) is 11.3 Å². The molecule has 0 fully saturated rings. The van der Waals surface area contributed by atoms with Crippen LogP contribution in [0, 0.1) is 0 Å². The first-order valence-electron chi connectivity index (χ1n) is 6.03. The van der Waals surface area contributed by atoms with Crippen molar-refractivity contribution in [3.8, 4) is 0 Å². The van der Waals surface area contributed by atoms with Crippen LogP contribution in [0.25, 0.3) is 0 Å². The van der Waals surface area contributed by atoms with Crippen molar-refractivity contribution in [2.45, 2.75) is 6.54 Å². The van der Waals surface area contributed by atoms with Gasteiger partial charge in [0.1, 0.15) is 0 Å². The molecule has 21 heavy (non-hydrogen) atoms. The molecule has 0 atom stereocenters. The molecule has 0 saturated carbocycles. The van der Waals surface area contributed by atoms with Crippen LogP contribution in [0.4, 0.5) is 10.5 Å². The average molecular weight is 325 g/mol. The standard InChI is InChI=1S/C14H13ClN2O3S/c1-17(7-9-4-5-21-8-9)14(20)16-12-6-10(15)2-3-11(12)13(18)19/h2-6,8H,7H2,1H3,(H,16,20)(H,18,19). The number of amides is 2. The van der Waals surface area contributed by atoms with Gasteiger partial charge in [-0.15, -0.1) is 0 Å². The van der Waals surface area contributed by atoms with E-state index in [2.05, 4.69) is 5.32 Å². The molecule has 1 heterocycles. The number of hydrogen-bond acceptors (Lipinski definition) is 3. The fourth-order valence-corrected chi connectivity index (χ4v) is 2.58. The van der Waals surface area contributed by atoms with E-state index in [0.29, 0.717) is 11.6 Å². The summed E-state index contributed by atoms with van der Waals surface area (Å²) in [6, 6.07) is 5.78. The number of benzene rings is 1. The Morgan fingerprint density at radius 1 is 1.38 bits per heavy atom. The van der Waals surface area contributed by atoms with Gasteiger partial charge in [-0.05, 0) is 40.6 Å². The first kappa shape index (κ1) is 15.3. The molecule has 0 bridgehead atoms. The summed E-state index contributed by atoms with van der Waals surface area (Å²) in [6.45, 7) is 0.443. The van der Waals surface area contributed by atoms with Gasteiger partial charge in [0.25, 0.3) is 0 Å². The third-order valence-corrected chi connectivity index (χ3v) is 3.77. The number of carbonyl (C=O) groups excluding carboxylic acids is 1. The quantitative estimate of drug-likeness (QED) is 0.899. The van der Waals surface area contributed by atoms with Crippen molar-refractivity contribution >= 4 is 40.6 Å². The average Bonchev–Trinajstić information content (AvgIpc) is 2.91. The number of carbonyl (C=O) groups is 2. The van der Waals surface area contributed by atoms with Crippen LogP contribution < -0.4 is 5.32 Å². The zero-order valence-corrected chi connectivity index (χ0v) is 12.7. The van der Waals surface area contributed by atoms with Crippen LogP contribution in [-0.4, -0.2) is 29.1 Å². The van der Waals surface area contributed by atoms with Crippen molar-refractivity contribution in [3.63, 3.8) is 0 Å². The molecule has 0 aliphatic heterocycles. The summed E-state index contributed by atoms with van der Waals surface area (Å²) >= 11 is 7.40. The normalized spacial score (nSPS) is 10.2. The van der Waals surface area contributed by atoms with E-state index in [1.165, 1.54) is 23.1 Å². The van der Waals surface area contributed by atoms with Crippen molar-refractivity contribution < 1.29 is 14.7 Å². The van der Waals surface area contributed by atoms with Crippen molar-refractivity contribution in [2.24, 2.45) is 0 Å². The van der Waals surface area contributed by atoms with Crippen molar-refractivity contribution in [3.05, 3.63) is 51.2 Å². The number of halogens is 1. The smallest absolute Gasteiger partial charge is 0.337 e. The van der Waals surface area contributed by atoms with Crippen molar-refractivity contribution in [2.75, 3.05) is 12.4 Å². The lowest BCUT2D eigenvalue weighted by molar-refractivity contribution is 0.0698. The van der Waals surface area contributed by atoms with Crippen LogP contribution in [0.1, 0.15) is 15.9 Å². The largest absolute Gasteiger partial charge is 0.478 e. The van der Waals surface area contributed by atoms with Gasteiger partial charge in [-0.3, -0.25) is 0 Å². The Morgan fingerprint density at radius 3 is 2.76 bits per heavy atom. The van der Waals surface area contributed by atoms with E-state index in [1.54, 1.807) is 18.4 Å². The fourth-order valence-electron chi connectivity index (χ4n) is 1.75. The third kappa shape index (κ3) is 3.96. The molecule has 2 amide bonds. The Morgan fingerprint density at radius 2 is 2.14 bits per heavy atom. The number of carboxylic acids is 1. The lowest BCUT2D eigenvalue weighted by Crippen LogP contribution is -2.31.